The van der Waals surface area contributed by atoms with Crippen LogP contribution in [-0.4, -0.2) is 69.2 Å². The molecule has 0 spiro atoms. The third-order valence-corrected chi connectivity index (χ3v) is 9.09. The number of amides is 2. The number of hydrogen-bond donors (Lipinski definition) is 3. The van der Waals surface area contributed by atoms with Gasteiger partial charge in [-0.15, -0.1) is 10.2 Å². The summed E-state index contributed by atoms with van der Waals surface area (Å²) in [5.41, 5.74) is 3.64. The van der Waals surface area contributed by atoms with Gasteiger partial charge in [0.05, 0.1) is 24.9 Å². The molecule has 3 aromatic carbocycles. The van der Waals surface area contributed by atoms with Crippen LogP contribution in [0.25, 0.3) is 5.69 Å². The van der Waals surface area contributed by atoms with Crippen molar-refractivity contribution in [3.8, 4) is 11.4 Å². The minimum atomic E-state index is -2.47. The summed E-state index contributed by atoms with van der Waals surface area (Å²) >= 11 is 6.18. The highest BCUT2D eigenvalue weighted by atomic mass is 35.5. The number of hydrogen-bond acceptors (Lipinski definition) is 7. The van der Waals surface area contributed by atoms with E-state index >= 15 is 0 Å². The summed E-state index contributed by atoms with van der Waals surface area (Å²) in [6.45, 7) is 2.59. The summed E-state index contributed by atoms with van der Waals surface area (Å²) in [6, 6.07) is 19.4. The number of nitrogens with zero attached hydrogens (tertiary/aromatic N) is 4. The van der Waals surface area contributed by atoms with Crippen molar-refractivity contribution in [1.29, 1.82) is 0 Å². The predicted molar refractivity (Wildman–Crippen MR) is 173 cm³/mol. The standard InChI is InChI=1S/C32H35ClN6O4S/c1-20-37-38-31-27(19-29(40)34-15-6-16-35-32(41)22-7-5-8-25(17-22)44(3,4)42)36-30(21-9-11-23(33)12-10-21)26-18-24(43-2)13-14-28(26)39(20)31/h5,7-14,17-18,27,44H,6,15-16,19H2,1-4H3,(H,34,40)(H,35,41)/t27-/m0/s1. The number of nitrogens with one attached hydrogen (secondary N) is 2. The Hall–Kier alpha value is -4.35. The molecule has 0 saturated carbocycles. The maximum Gasteiger partial charge on any atom is 0.251 e. The molecule has 12 heteroatoms. The maximum absolute atomic E-state index is 13.2. The predicted octanol–water partition coefficient (Wildman–Crippen LogP) is 4.09. The molecular formula is C32H35ClN6O4S. The molecule has 1 aliphatic rings. The zero-order chi connectivity index (χ0) is 31.4. The van der Waals surface area contributed by atoms with Crippen molar-refractivity contribution < 1.29 is 18.5 Å². The van der Waals surface area contributed by atoms with Gasteiger partial charge >= 0.3 is 0 Å². The fraction of sp³-hybridized carbons (Fsp3) is 0.281. The molecule has 2 amide bonds. The molecule has 10 nitrogen and oxygen atoms in total. The van der Waals surface area contributed by atoms with Crippen molar-refractivity contribution in [2.45, 2.75) is 30.7 Å². The third-order valence-electron chi connectivity index (χ3n) is 7.32. The van der Waals surface area contributed by atoms with Crippen molar-refractivity contribution in [2.75, 3.05) is 32.7 Å². The van der Waals surface area contributed by atoms with Crippen molar-refractivity contribution in [2.24, 2.45) is 4.99 Å². The maximum atomic E-state index is 13.2. The zero-order valence-corrected chi connectivity index (χ0v) is 26.7. The molecule has 0 unspecified atom stereocenters. The third kappa shape index (κ3) is 6.89. The Morgan fingerprint density at radius 3 is 2.48 bits per heavy atom. The Morgan fingerprint density at radius 1 is 1.00 bits per heavy atom. The van der Waals surface area contributed by atoms with Crippen LogP contribution in [0.15, 0.2) is 76.6 Å². The zero-order valence-electron chi connectivity index (χ0n) is 25.0. The molecule has 4 aromatic rings. The summed E-state index contributed by atoms with van der Waals surface area (Å²) in [5, 5.41) is 15.1. The molecular weight excluding hydrogens is 600 g/mol. The lowest BCUT2D eigenvalue weighted by Crippen LogP contribution is -2.30. The summed E-state index contributed by atoms with van der Waals surface area (Å²) in [4.78, 5) is 31.5. The highest BCUT2D eigenvalue weighted by molar-refractivity contribution is 8.01. The first-order valence-electron chi connectivity index (χ1n) is 14.2. The second-order valence-electron chi connectivity index (χ2n) is 10.9. The Balaban J connectivity index is 1.29. The highest BCUT2D eigenvalue weighted by Crippen LogP contribution is 2.34. The summed E-state index contributed by atoms with van der Waals surface area (Å²) in [7, 11) is -0.861. The first-order chi connectivity index (χ1) is 21.0. The topological polar surface area (TPSA) is 128 Å². The number of methoxy groups -OCH3 is 1. The van der Waals surface area contributed by atoms with E-state index in [0.29, 0.717) is 58.1 Å². The molecule has 44 heavy (non-hydrogen) atoms. The van der Waals surface area contributed by atoms with Gasteiger partial charge in [0.25, 0.3) is 5.91 Å². The number of aliphatic imine (C=N–C) groups is 1. The highest BCUT2D eigenvalue weighted by Gasteiger charge is 2.30. The van der Waals surface area contributed by atoms with E-state index in [4.69, 9.17) is 21.3 Å². The van der Waals surface area contributed by atoms with Gasteiger partial charge in [-0.25, -0.2) is 0 Å². The van der Waals surface area contributed by atoms with Gasteiger partial charge in [-0.1, -0.05) is 39.7 Å². The molecule has 0 saturated heterocycles. The number of fused-ring (bicyclic) bond motifs is 3. The van der Waals surface area contributed by atoms with E-state index in [1.165, 1.54) is 0 Å². The molecule has 5 rings (SSSR count). The van der Waals surface area contributed by atoms with Gasteiger partial charge in [0, 0.05) is 39.7 Å². The largest absolute Gasteiger partial charge is 0.497 e. The van der Waals surface area contributed by atoms with Crippen LogP contribution in [0, 0.1) is 6.92 Å². The Morgan fingerprint density at radius 2 is 1.75 bits per heavy atom. The molecule has 0 bridgehead atoms. The lowest BCUT2D eigenvalue weighted by atomic mass is 10.00. The molecule has 1 aromatic heterocycles. The minimum Gasteiger partial charge on any atom is -0.497 e. The first-order valence-corrected chi connectivity index (χ1v) is 17.2. The lowest BCUT2D eigenvalue weighted by Gasteiger charge is -2.14. The molecule has 1 atom stereocenters. The number of benzene rings is 3. The fourth-order valence-electron chi connectivity index (χ4n) is 5.03. The van der Waals surface area contributed by atoms with Gasteiger partial charge in [-0.05, 0) is 74.4 Å². The van der Waals surface area contributed by atoms with E-state index in [1.807, 2.05) is 41.8 Å². The summed E-state index contributed by atoms with van der Waals surface area (Å²) < 4.78 is 19.8. The second kappa shape index (κ2) is 13.1. The molecule has 0 aliphatic carbocycles. The minimum absolute atomic E-state index is 0.0492. The molecule has 2 heterocycles. The number of thiol groups is 1. The lowest BCUT2D eigenvalue weighted by molar-refractivity contribution is -0.121. The van der Waals surface area contributed by atoms with Gasteiger partial charge in [-0.3, -0.25) is 23.4 Å². The van der Waals surface area contributed by atoms with E-state index < -0.39 is 16.0 Å². The van der Waals surface area contributed by atoms with Crippen LogP contribution >= 0.6 is 11.6 Å². The SMILES string of the molecule is COc1ccc2c(c1)C(c1ccc(Cl)cc1)=N[C@@H](CC(=O)NCCCNC(=O)c1cccc([SH](C)(C)=O)c1)c1nnc(C)n1-2. The van der Waals surface area contributed by atoms with E-state index in [-0.39, 0.29) is 18.2 Å². The number of rotatable bonds is 10. The van der Waals surface area contributed by atoms with Gasteiger partial charge in [-0.2, -0.15) is 0 Å². The fourth-order valence-corrected chi connectivity index (χ4v) is 6.05. The van der Waals surface area contributed by atoms with Gasteiger partial charge in [0.15, 0.2) is 5.82 Å². The van der Waals surface area contributed by atoms with Gasteiger partial charge < -0.3 is 15.4 Å². The number of halogens is 1. The quantitative estimate of drug-likeness (QED) is 0.178. The smallest absolute Gasteiger partial charge is 0.251 e. The van der Waals surface area contributed by atoms with Crippen LogP contribution in [0.2, 0.25) is 5.02 Å². The molecule has 0 fully saturated rings. The molecule has 230 valence electrons. The monoisotopic (exact) mass is 634 g/mol. The van der Waals surface area contributed by atoms with Crippen LogP contribution in [-0.2, 0) is 14.7 Å². The number of aryl methyl sites for hydroxylation is 1. The van der Waals surface area contributed by atoms with Crippen LogP contribution in [0.1, 0.15) is 52.0 Å². The number of carbonyl (C=O) groups is 2. The summed E-state index contributed by atoms with van der Waals surface area (Å²) in [5.74, 6) is 1.45. The average Bonchev–Trinajstić information content (AvgIpc) is 3.33. The van der Waals surface area contributed by atoms with Gasteiger partial charge in [0.1, 0.15) is 17.6 Å². The molecule has 2 N–H and O–H groups in total. The number of aromatic nitrogens is 3. The van der Waals surface area contributed by atoms with E-state index in [1.54, 1.807) is 56.0 Å². The number of ether oxygens (including phenoxy) is 1. The van der Waals surface area contributed by atoms with Crippen molar-refractivity contribution >= 4 is 39.1 Å². The van der Waals surface area contributed by atoms with Crippen molar-refractivity contribution in [1.82, 2.24) is 25.4 Å². The van der Waals surface area contributed by atoms with E-state index in [0.717, 1.165) is 16.8 Å². The van der Waals surface area contributed by atoms with E-state index in [9.17, 15) is 13.8 Å². The Bertz CT molecular complexity index is 1780. The van der Waals surface area contributed by atoms with Crippen LogP contribution in [0.4, 0.5) is 0 Å². The summed E-state index contributed by atoms with van der Waals surface area (Å²) in [6.07, 6.45) is 3.93. The van der Waals surface area contributed by atoms with E-state index in [2.05, 4.69) is 20.8 Å². The Labute approximate surface area is 262 Å². The second-order valence-corrected chi connectivity index (χ2v) is 14.5. The normalized spacial score (nSPS) is 14.5. The molecule has 0 radical (unpaired) electrons. The number of carbonyl (C=O) groups excluding carboxylic acids is 2. The average molecular weight is 635 g/mol. The van der Waals surface area contributed by atoms with Crippen molar-refractivity contribution in [3.63, 3.8) is 0 Å². The van der Waals surface area contributed by atoms with Crippen molar-refractivity contribution in [3.05, 3.63) is 100 Å². The van der Waals surface area contributed by atoms with Crippen LogP contribution in [0.3, 0.4) is 0 Å². The Kier molecular flexibility index (Phi) is 9.26. The van der Waals surface area contributed by atoms with Gasteiger partial charge in [0.2, 0.25) is 5.91 Å². The van der Waals surface area contributed by atoms with Crippen LogP contribution < -0.4 is 15.4 Å². The first kappa shape index (κ1) is 31.1. The molecule has 1 aliphatic heterocycles. The van der Waals surface area contributed by atoms with Crippen LogP contribution in [0.5, 0.6) is 5.75 Å².